The van der Waals surface area contributed by atoms with Gasteiger partial charge < -0.3 is 45.7 Å². The number of esters is 1. The number of ether oxygens (including phenoxy) is 3. The molecule has 0 radical (unpaired) electrons. The van der Waals surface area contributed by atoms with E-state index in [9.17, 15) is 24.9 Å². The summed E-state index contributed by atoms with van der Waals surface area (Å²) in [5, 5.41) is 42.1. The van der Waals surface area contributed by atoms with Crippen LogP contribution >= 0.6 is 0 Å². The van der Waals surface area contributed by atoms with E-state index in [4.69, 9.17) is 25.1 Å². The van der Waals surface area contributed by atoms with Crippen molar-refractivity contribution in [2.24, 2.45) is 0 Å². The number of aromatic hydroxyl groups is 1. The van der Waals surface area contributed by atoms with Gasteiger partial charge in [-0.2, -0.15) is 0 Å². The summed E-state index contributed by atoms with van der Waals surface area (Å²) in [5.41, 5.74) is 5.64. The number of phenols is 1. The molecule has 1 fully saturated rings. The maximum Gasteiger partial charge on any atom is 0.342 e. The number of aliphatic carboxylic acids is 1. The van der Waals surface area contributed by atoms with Crippen molar-refractivity contribution in [1.82, 2.24) is 5.32 Å². The van der Waals surface area contributed by atoms with Crippen LogP contribution in [0.1, 0.15) is 17.3 Å². The average molecular weight is 400 g/mol. The van der Waals surface area contributed by atoms with Gasteiger partial charge in [-0.1, -0.05) is 0 Å². The summed E-state index contributed by atoms with van der Waals surface area (Å²) in [6, 6.07) is 2.94. The first kappa shape index (κ1) is 21.9. The summed E-state index contributed by atoms with van der Waals surface area (Å²) in [7, 11) is 1.48. The fourth-order valence-corrected chi connectivity index (χ4v) is 2.79. The zero-order chi connectivity index (χ0) is 21.0. The van der Waals surface area contributed by atoms with E-state index in [0.29, 0.717) is 0 Å². The number of carboxylic acids is 1. The van der Waals surface area contributed by atoms with E-state index in [-0.39, 0.29) is 17.0 Å². The van der Waals surface area contributed by atoms with Gasteiger partial charge in [-0.25, -0.2) is 9.59 Å². The van der Waals surface area contributed by atoms with Crippen LogP contribution in [0, 0.1) is 0 Å². The van der Waals surface area contributed by atoms with Crippen LogP contribution in [-0.4, -0.2) is 82.8 Å². The third kappa shape index (κ3) is 4.88. The molecule has 11 heteroatoms. The Kier molecular flexibility index (Phi) is 7.16. The quantitative estimate of drug-likeness (QED) is 0.181. The standard InChI is InChI=1S/C17H24N2O9/c1-7(15(22)23)27-14-12(19-2)17(25)28-11(13(14)21)6-26-16(24)9-5-8(18)3-4-10(9)20/h3-5,7,11-14,17,19-21,25H,6,18H2,1-2H3,(H,22,23)/t7?,11?,12?,13-,14+,17+/m1/s1. The average Bonchev–Trinajstić information content (AvgIpc) is 2.64. The second-order valence-electron chi connectivity index (χ2n) is 6.33. The number of anilines is 1. The minimum absolute atomic E-state index is 0.175. The molecule has 1 saturated heterocycles. The lowest BCUT2D eigenvalue weighted by Gasteiger charge is -2.43. The van der Waals surface area contributed by atoms with E-state index in [0.717, 1.165) is 0 Å². The van der Waals surface area contributed by atoms with Gasteiger partial charge in [0.05, 0.1) is 6.04 Å². The first-order valence-corrected chi connectivity index (χ1v) is 8.48. The van der Waals surface area contributed by atoms with Crippen molar-refractivity contribution in [3.63, 3.8) is 0 Å². The van der Waals surface area contributed by atoms with Gasteiger partial charge in [0.15, 0.2) is 12.4 Å². The number of carbonyl (C=O) groups is 2. The Morgan fingerprint density at radius 1 is 1.36 bits per heavy atom. The molecule has 1 aromatic carbocycles. The molecule has 11 nitrogen and oxygen atoms in total. The van der Waals surface area contributed by atoms with Crippen LogP contribution in [0.25, 0.3) is 0 Å². The number of benzene rings is 1. The Morgan fingerprint density at radius 3 is 2.64 bits per heavy atom. The number of carboxylic acid groups (broad SMARTS) is 1. The molecule has 0 amide bonds. The Balaban J connectivity index is 2.09. The van der Waals surface area contributed by atoms with Crippen molar-refractivity contribution in [1.29, 1.82) is 0 Å². The van der Waals surface area contributed by atoms with Gasteiger partial charge in [-0.05, 0) is 32.2 Å². The topological polar surface area (TPSA) is 181 Å². The SMILES string of the molecule is CNC1[C@@H](O)OC(COC(=O)c2cc(N)ccc2O)[C@@H](O)[C@H]1OC(C)C(=O)O. The summed E-state index contributed by atoms with van der Waals surface area (Å²) in [6.45, 7) is 0.796. The van der Waals surface area contributed by atoms with E-state index in [2.05, 4.69) is 5.32 Å². The van der Waals surface area contributed by atoms with Gasteiger partial charge in [-0.15, -0.1) is 0 Å². The van der Waals surface area contributed by atoms with E-state index >= 15 is 0 Å². The van der Waals surface area contributed by atoms with Gasteiger partial charge in [0.2, 0.25) is 0 Å². The minimum atomic E-state index is -1.45. The number of rotatable bonds is 7. The lowest BCUT2D eigenvalue weighted by molar-refractivity contribution is -0.267. The molecule has 0 aromatic heterocycles. The summed E-state index contributed by atoms with van der Waals surface area (Å²) >= 11 is 0. The molecule has 156 valence electrons. The molecule has 2 rings (SSSR count). The number of nitrogen functional groups attached to an aromatic ring is 1. The largest absolute Gasteiger partial charge is 0.507 e. The van der Waals surface area contributed by atoms with Gasteiger partial charge in [0, 0.05) is 5.69 Å². The van der Waals surface area contributed by atoms with Gasteiger partial charge in [-0.3, -0.25) is 0 Å². The van der Waals surface area contributed by atoms with E-state index in [1.54, 1.807) is 0 Å². The van der Waals surface area contributed by atoms with Gasteiger partial charge >= 0.3 is 11.9 Å². The van der Waals surface area contributed by atoms with Crippen molar-refractivity contribution in [3.05, 3.63) is 23.8 Å². The molecule has 3 unspecified atom stereocenters. The number of aliphatic hydroxyl groups excluding tert-OH is 2. The highest BCUT2D eigenvalue weighted by atomic mass is 16.6. The minimum Gasteiger partial charge on any atom is -0.507 e. The van der Waals surface area contributed by atoms with Crippen LogP contribution in [0.4, 0.5) is 5.69 Å². The number of likely N-dealkylation sites (N-methyl/N-ethyl adjacent to an activating group) is 1. The molecule has 1 aliphatic heterocycles. The highest BCUT2D eigenvalue weighted by Gasteiger charge is 2.46. The van der Waals surface area contributed by atoms with Crippen LogP contribution < -0.4 is 11.1 Å². The van der Waals surface area contributed by atoms with Crippen molar-refractivity contribution in [2.45, 2.75) is 43.7 Å². The van der Waals surface area contributed by atoms with Crippen molar-refractivity contribution in [2.75, 3.05) is 19.4 Å². The Hall–Kier alpha value is -2.44. The smallest absolute Gasteiger partial charge is 0.342 e. The highest BCUT2D eigenvalue weighted by Crippen LogP contribution is 2.25. The molecule has 1 aromatic rings. The summed E-state index contributed by atoms with van der Waals surface area (Å²) < 4.78 is 15.7. The Morgan fingerprint density at radius 2 is 2.04 bits per heavy atom. The Labute approximate surface area is 160 Å². The summed E-state index contributed by atoms with van der Waals surface area (Å²) in [5.74, 6) is -2.50. The number of aliphatic hydroxyl groups is 2. The molecule has 0 saturated carbocycles. The second kappa shape index (κ2) is 9.17. The van der Waals surface area contributed by atoms with Crippen LogP contribution in [0.15, 0.2) is 18.2 Å². The molecule has 6 atom stereocenters. The highest BCUT2D eigenvalue weighted by molar-refractivity contribution is 5.93. The third-order valence-electron chi connectivity index (χ3n) is 4.35. The molecule has 1 heterocycles. The van der Waals surface area contributed by atoms with Crippen LogP contribution in [0.2, 0.25) is 0 Å². The molecule has 0 aliphatic carbocycles. The van der Waals surface area contributed by atoms with E-state index in [1.807, 2.05) is 0 Å². The first-order chi connectivity index (χ1) is 13.1. The number of hydrogen-bond acceptors (Lipinski definition) is 10. The molecule has 1 aliphatic rings. The summed E-state index contributed by atoms with van der Waals surface area (Å²) in [6.07, 6.45) is -6.47. The Bertz CT molecular complexity index is 714. The predicted octanol–water partition coefficient (Wildman–Crippen LogP) is -1.34. The molecule has 28 heavy (non-hydrogen) atoms. The van der Waals surface area contributed by atoms with Crippen molar-refractivity contribution >= 4 is 17.6 Å². The number of nitrogens with two attached hydrogens (primary N) is 1. The zero-order valence-electron chi connectivity index (χ0n) is 15.3. The lowest BCUT2D eigenvalue weighted by atomic mass is 9.96. The predicted molar refractivity (Wildman–Crippen MR) is 94.5 cm³/mol. The lowest BCUT2D eigenvalue weighted by Crippen LogP contribution is -2.64. The number of nitrogens with one attached hydrogen (secondary N) is 1. The first-order valence-electron chi connectivity index (χ1n) is 8.48. The van der Waals surface area contributed by atoms with Crippen molar-refractivity contribution in [3.8, 4) is 5.75 Å². The number of carbonyl (C=O) groups excluding carboxylic acids is 1. The fourth-order valence-electron chi connectivity index (χ4n) is 2.79. The normalized spacial score (nSPS) is 28.5. The number of phenolic OH excluding ortho intramolecular Hbond substituents is 1. The molecular weight excluding hydrogens is 376 g/mol. The van der Waals surface area contributed by atoms with E-state index in [1.165, 1.54) is 32.2 Å². The number of hydrogen-bond donors (Lipinski definition) is 6. The van der Waals surface area contributed by atoms with E-state index < -0.39 is 55.3 Å². The van der Waals surface area contributed by atoms with Crippen LogP contribution in [0.5, 0.6) is 5.75 Å². The van der Waals surface area contributed by atoms with Crippen LogP contribution in [0.3, 0.4) is 0 Å². The summed E-state index contributed by atoms with van der Waals surface area (Å²) in [4.78, 5) is 23.2. The third-order valence-corrected chi connectivity index (χ3v) is 4.35. The van der Waals surface area contributed by atoms with Crippen LogP contribution in [-0.2, 0) is 19.0 Å². The molecule has 7 N–H and O–H groups in total. The fraction of sp³-hybridized carbons (Fsp3) is 0.529. The monoisotopic (exact) mass is 400 g/mol. The molecular formula is C17H24N2O9. The maximum absolute atomic E-state index is 12.2. The zero-order valence-corrected chi connectivity index (χ0v) is 15.3. The maximum atomic E-state index is 12.2. The van der Waals surface area contributed by atoms with Gasteiger partial charge in [0.25, 0.3) is 0 Å². The molecule has 0 bridgehead atoms. The molecule has 0 spiro atoms. The van der Waals surface area contributed by atoms with Crippen molar-refractivity contribution < 1.29 is 44.2 Å². The van der Waals surface area contributed by atoms with Gasteiger partial charge in [0.1, 0.15) is 36.2 Å². The second-order valence-corrected chi connectivity index (χ2v) is 6.33.